The molecule has 0 radical (unpaired) electrons. The molecule has 136 valence electrons. The van der Waals surface area contributed by atoms with Gasteiger partial charge in [-0.05, 0) is 51.5 Å². The number of carbonyl (C=O) groups excluding carboxylic acids is 2. The molecule has 0 aliphatic carbocycles. The second-order valence-electron chi connectivity index (χ2n) is 6.44. The Balaban J connectivity index is 3.02. The summed E-state index contributed by atoms with van der Waals surface area (Å²) in [4.78, 5) is 26.0. The van der Waals surface area contributed by atoms with E-state index in [-0.39, 0.29) is 21.1 Å². The maximum Gasteiger partial charge on any atom is 0.337 e. The van der Waals surface area contributed by atoms with Crippen LogP contribution in [0.4, 0.5) is 4.79 Å². The molecule has 1 amide bonds. The summed E-state index contributed by atoms with van der Waals surface area (Å²) in [5.74, 6) is -0.379. The van der Waals surface area contributed by atoms with E-state index in [4.69, 9.17) is 21.7 Å². The summed E-state index contributed by atoms with van der Waals surface area (Å²) in [6, 6.07) is 5.32. The number of methoxy groups -OCH3 is 1. The molecule has 0 aliphatic heterocycles. The zero-order valence-electron chi connectivity index (χ0n) is 15.5. The Labute approximate surface area is 159 Å². The Morgan fingerprint density at radius 1 is 1.32 bits per heavy atom. The van der Waals surface area contributed by atoms with Gasteiger partial charge in [0.15, 0.2) is 0 Å². The van der Waals surface area contributed by atoms with E-state index < -0.39 is 0 Å². The zero-order valence-corrected chi connectivity index (χ0v) is 17.2. The summed E-state index contributed by atoms with van der Waals surface area (Å²) in [5.41, 5.74) is 1.98. The molecule has 0 spiro atoms. The molecular formula is C17H24BNO4S2. The van der Waals surface area contributed by atoms with E-state index in [0.717, 1.165) is 22.8 Å². The largest absolute Gasteiger partial charge is 0.479 e. The zero-order chi connectivity index (χ0) is 19.2. The highest BCUT2D eigenvalue weighted by Gasteiger charge is 2.28. The third-order valence-corrected chi connectivity index (χ3v) is 4.60. The smallest absolute Gasteiger partial charge is 0.337 e. The molecule has 1 rings (SSSR count). The van der Waals surface area contributed by atoms with Crippen LogP contribution in [-0.2, 0) is 16.0 Å². The molecule has 25 heavy (non-hydrogen) atoms. The van der Waals surface area contributed by atoms with Gasteiger partial charge in [-0.1, -0.05) is 17.6 Å². The minimum Gasteiger partial charge on any atom is -0.479 e. The van der Waals surface area contributed by atoms with E-state index in [1.807, 2.05) is 41.6 Å². The molecule has 0 aromatic heterocycles. The van der Waals surface area contributed by atoms with Crippen molar-refractivity contribution < 1.29 is 19.1 Å². The van der Waals surface area contributed by atoms with Crippen LogP contribution in [0.25, 0.3) is 0 Å². The summed E-state index contributed by atoms with van der Waals surface area (Å²) in [5, 5.41) is -0.164. The molecule has 0 unspecified atom stereocenters. The maximum atomic E-state index is 12.7. The monoisotopic (exact) mass is 381 g/mol. The summed E-state index contributed by atoms with van der Waals surface area (Å²) in [6.45, 7) is 8.57. The van der Waals surface area contributed by atoms with Crippen LogP contribution < -0.4 is 5.46 Å². The first-order chi connectivity index (χ1) is 11.6. The lowest BCUT2D eigenvalue weighted by atomic mass is 9.88. The van der Waals surface area contributed by atoms with Gasteiger partial charge in [0.25, 0.3) is 5.24 Å². The molecular weight excluding hydrogens is 357 g/mol. The summed E-state index contributed by atoms with van der Waals surface area (Å²) >= 11 is 5.98. The average molecular weight is 381 g/mol. The number of thiocarbonyl (C=S) groups is 1. The van der Waals surface area contributed by atoms with E-state index in [1.54, 1.807) is 17.0 Å². The fourth-order valence-corrected chi connectivity index (χ4v) is 3.24. The van der Waals surface area contributed by atoms with Crippen LogP contribution in [0, 0.1) is 0 Å². The van der Waals surface area contributed by atoms with Crippen LogP contribution in [0.1, 0.15) is 43.6 Å². The van der Waals surface area contributed by atoms with Gasteiger partial charge >= 0.3 is 5.97 Å². The minimum absolute atomic E-state index is 0.164. The van der Waals surface area contributed by atoms with Crippen LogP contribution >= 0.6 is 24.0 Å². The van der Waals surface area contributed by atoms with Crippen molar-refractivity contribution in [3.63, 3.8) is 0 Å². The number of nitrogens with zero attached hydrogens (tertiary/aromatic N) is 1. The van der Waals surface area contributed by atoms with E-state index in [0.29, 0.717) is 18.7 Å². The molecule has 1 aromatic rings. The maximum absolute atomic E-state index is 12.7. The molecule has 0 atom stereocenters. The van der Waals surface area contributed by atoms with Gasteiger partial charge in [0.2, 0.25) is 4.38 Å². The van der Waals surface area contributed by atoms with Crippen LogP contribution in [0.3, 0.4) is 0 Å². The van der Waals surface area contributed by atoms with Crippen LogP contribution in [0.2, 0.25) is 0 Å². The highest BCUT2D eigenvalue weighted by atomic mass is 32.2. The SMILES string of the molecule is Bc1cc(C(=O)OC)ccc1CN(C(=O)SC(=S)OCC)C(C)(C)C. The summed E-state index contributed by atoms with van der Waals surface area (Å²) in [6.07, 6.45) is 0. The number of hydrogen-bond acceptors (Lipinski definition) is 6. The summed E-state index contributed by atoms with van der Waals surface area (Å²) < 4.78 is 10.2. The Kier molecular flexibility index (Phi) is 7.95. The minimum atomic E-state index is -0.390. The quantitative estimate of drug-likeness (QED) is 0.454. The molecule has 0 bridgehead atoms. The third-order valence-electron chi connectivity index (χ3n) is 3.56. The first-order valence-corrected chi connectivity index (χ1v) is 9.16. The Hall–Kier alpha value is -1.54. The van der Waals surface area contributed by atoms with Crippen molar-refractivity contribution in [3.8, 4) is 0 Å². The van der Waals surface area contributed by atoms with Gasteiger partial charge in [-0.25, -0.2) is 4.79 Å². The number of ether oxygens (including phenoxy) is 2. The lowest BCUT2D eigenvalue weighted by Gasteiger charge is -2.35. The van der Waals surface area contributed by atoms with Crippen molar-refractivity contribution in [2.75, 3.05) is 13.7 Å². The van der Waals surface area contributed by atoms with Crippen LogP contribution in [0.5, 0.6) is 0 Å². The second-order valence-corrected chi connectivity index (χ2v) is 7.99. The van der Waals surface area contributed by atoms with Crippen molar-refractivity contribution in [1.29, 1.82) is 0 Å². The van der Waals surface area contributed by atoms with Crippen molar-refractivity contribution in [3.05, 3.63) is 29.3 Å². The van der Waals surface area contributed by atoms with Gasteiger partial charge in [-0.2, -0.15) is 0 Å². The molecule has 0 saturated heterocycles. The molecule has 1 aromatic carbocycles. The van der Waals surface area contributed by atoms with Gasteiger partial charge in [0, 0.05) is 23.8 Å². The third kappa shape index (κ3) is 6.36. The summed E-state index contributed by atoms with van der Waals surface area (Å²) in [7, 11) is 3.26. The standard InChI is InChI=1S/C17H24BNO4S2/c1-6-23-16(24)25-15(21)19(17(2,3)4)10-12-8-7-11(9-13(12)18)14(20)22-5/h7-9H,6,10,18H2,1-5H3. The van der Waals surface area contributed by atoms with Gasteiger partial charge in [0.05, 0.1) is 19.3 Å². The first-order valence-electron chi connectivity index (χ1n) is 7.94. The number of rotatable bonds is 4. The highest BCUT2D eigenvalue weighted by molar-refractivity contribution is 8.32. The fourth-order valence-electron chi connectivity index (χ4n) is 2.14. The van der Waals surface area contributed by atoms with Gasteiger partial charge in [-0.3, -0.25) is 4.79 Å². The van der Waals surface area contributed by atoms with Gasteiger partial charge in [0.1, 0.15) is 7.85 Å². The van der Waals surface area contributed by atoms with Gasteiger partial charge in [-0.15, -0.1) is 0 Å². The predicted molar refractivity (Wildman–Crippen MR) is 108 cm³/mol. The molecule has 8 heteroatoms. The number of esters is 1. The van der Waals surface area contributed by atoms with E-state index in [1.165, 1.54) is 7.11 Å². The van der Waals surface area contributed by atoms with Crippen LogP contribution in [0.15, 0.2) is 18.2 Å². The average Bonchev–Trinajstić information content (AvgIpc) is 2.51. The topological polar surface area (TPSA) is 55.8 Å². The van der Waals surface area contributed by atoms with Crippen molar-refractivity contribution in [1.82, 2.24) is 4.90 Å². The Morgan fingerprint density at radius 2 is 1.96 bits per heavy atom. The van der Waals surface area contributed by atoms with E-state index >= 15 is 0 Å². The highest BCUT2D eigenvalue weighted by Crippen LogP contribution is 2.24. The molecule has 5 nitrogen and oxygen atoms in total. The van der Waals surface area contributed by atoms with E-state index in [9.17, 15) is 9.59 Å². The number of amides is 1. The first kappa shape index (κ1) is 21.5. The number of benzene rings is 1. The Morgan fingerprint density at radius 3 is 2.44 bits per heavy atom. The van der Waals surface area contributed by atoms with Crippen molar-refractivity contribution in [2.45, 2.75) is 39.8 Å². The predicted octanol–water partition coefficient (Wildman–Crippen LogP) is 2.51. The lowest BCUT2D eigenvalue weighted by Crippen LogP contribution is -2.44. The van der Waals surface area contributed by atoms with E-state index in [2.05, 4.69) is 0 Å². The van der Waals surface area contributed by atoms with Crippen molar-refractivity contribution in [2.24, 2.45) is 0 Å². The fraction of sp³-hybridized carbons (Fsp3) is 0.471. The van der Waals surface area contributed by atoms with Crippen molar-refractivity contribution >= 4 is 52.9 Å². The normalized spacial score (nSPS) is 10.9. The molecule has 0 aliphatic rings. The molecule has 0 N–H and O–H groups in total. The molecule has 0 heterocycles. The Bertz CT molecular complexity index is 659. The number of carbonyl (C=O) groups is 2. The number of thioether (sulfide) groups is 1. The van der Waals surface area contributed by atoms with Crippen LogP contribution in [-0.4, -0.2) is 47.6 Å². The number of hydrogen-bond donors (Lipinski definition) is 0. The van der Waals surface area contributed by atoms with Gasteiger partial charge < -0.3 is 14.4 Å². The second kappa shape index (κ2) is 9.24. The molecule has 0 fully saturated rings. The lowest BCUT2D eigenvalue weighted by molar-refractivity contribution is 0.0600. The molecule has 0 saturated carbocycles.